The number of aromatic nitrogens is 1. The Morgan fingerprint density at radius 3 is 2.78 bits per heavy atom. The van der Waals surface area contributed by atoms with Crippen molar-refractivity contribution in [2.24, 2.45) is 0 Å². The second kappa shape index (κ2) is 8.17. The molecule has 1 aliphatic heterocycles. The van der Waals surface area contributed by atoms with E-state index < -0.39 is 5.82 Å². The molecule has 4 nitrogen and oxygen atoms in total. The molecule has 1 aliphatic rings. The van der Waals surface area contributed by atoms with Crippen molar-refractivity contribution in [3.63, 3.8) is 0 Å². The fourth-order valence-corrected chi connectivity index (χ4v) is 4.09. The Morgan fingerprint density at radius 1 is 1.12 bits per heavy atom. The highest BCUT2D eigenvalue weighted by Gasteiger charge is 2.28. The largest absolute Gasteiger partial charge is 0.489 e. The van der Waals surface area contributed by atoms with E-state index in [1.807, 2.05) is 24.4 Å². The van der Waals surface area contributed by atoms with Crippen molar-refractivity contribution in [3.05, 3.63) is 100 Å². The summed E-state index contributed by atoms with van der Waals surface area (Å²) in [6.45, 7) is 2.87. The Bertz CT molecular complexity index is 1370. The van der Waals surface area contributed by atoms with E-state index in [0.29, 0.717) is 22.1 Å². The van der Waals surface area contributed by atoms with E-state index >= 15 is 0 Å². The number of halogens is 2. The van der Waals surface area contributed by atoms with E-state index in [2.05, 4.69) is 17.6 Å². The molecular formula is C26H19ClFNO3. The van der Waals surface area contributed by atoms with Gasteiger partial charge in [-0.05, 0) is 43.3 Å². The summed E-state index contributed by atoms with van der Waals surface area (Å²) in [4.78, 5) is 12.9. The molecule has 160 valence electrons. The molecule has 0 N–H and O–H groups in total. The van der Waals surface area contributed by atoms with E-state index in [1.54, 1.807) is 36.4 Å². The van der Waals surface area contributed by atoms with Crippen molar-refractivity contribution >= 4 is 34.4 Å². The van der Waals surface area contributed by atoms with Crippen LogP contribution in [0.1, 0.15) is 28.4 Å². The van der Waals surface area contributed by atoms with Gasteiger partial charge in [-0.3, -0.25) is 4.79 Å². The van der Waals surface area contributed by atoms with Gasteiger partial charge in [0.05, 0.1) is 10.6 Å². The molecule has 1 aromatic heterocycles. The van der Waals surface area contributed by atoms with Crippen molar-refractivity contribution in [2.45, 2.75) is 20.1 Å². The molecule has 6 heteroatoms. The highest BCUT2D eigenvalue weighted by Crippen LogP contribution is 2.36. The summed E-state index contributed by atoms with van der Waals surface area (Å²) in [5.74, 6) is 0.518. The van der Waals surface area contributed by atoms with Crippen LogP contribution in [0.3, 0.4) is 0 Å². The fourth-order valence-electron chi connectivity index (χ4n) is 3.88. The lowest BCUT2D eigenvalue weighted by molar-refractivity contribution is 0.101. The van der Waals surface area contributed by atoms with Crippen LogP contribution in [0.25, 0.3) is 17.0 Å². The topological polar surface area (TPSA) is 40.5 Å². The number of benzene rings is 3. The lowest BCUT2D eigenvalue weighted by Crippen LogP contribution is -1.99. The van der Waals surface area contributed by atoms with Crippen LogP contribution in [-0.4, -0.2) is 10.4 Å². The van der Waals surface area contributed by atoms with Gasteiger partial charge in [-0.25, -0.2) is 4.39 Å². The first-order chi connectivity index (χ1) is 15.5. The molecule has 2 heterocycles. The highest BCUT2D eigenvalue weighted by atomic mass is 35.5. The number of hydrogen-bond acceptors (Lipinski definition) is 3. The van der Waals surface area contributed by atoms with Crippen LogP contribution in [0.15, 0.2) is 72.6 Å². The third-order valence-corrected chi connectivity index (χ3v) is 5.89. The predicted molar refractivity (Wildman–Crippen MR) is 123 cm³/mol. The smallest absolute Gasteiger partial charge is 0.231 e. The molecule has 0 saturated carbocycles. The van der Waals surface area contributed by atoms with E-state index in [0.717, 1.165) is 23.0 Å². The Morgan fingerprint density at radius 2 is 1.97 bits per heavy atom. The standard InChI is InChI=1S/C26H19ClFNO3/c1-2-29-14-16(18-6-3-4-9-23(18)29)12-25-26(30)19-11-10-17(13-24(19)32-25)31-15-20-21(27)7-5-8-22(20)28/h3-14H,2,15H2,1H3. The van der Waals surface area contributed by atoms with Gasteiger partial charge in [-0.1, -0.05) is 35.9 Å². The van der Waals surface area contributed by atoms with E-state index in [-0.39, 0.29) is 23.7 Å². The number of nitrogens with zero attached hydrogens (tertiary/aromatic N) is 1. The number of allylic oxidation sites excluding steroid dienone is 1. The third-order valence-electron chi connectivity index (χ3n) is 5.53. The quantitative estimate of drug-likeness (QED) is 0.321. The second-order valence-corrected chi connectivity index (χ2v) is 7.88. The number of hydrogen-bond donors (Lipinski definition) is 0. The molecule has 0 aliphatic carbocycles. The Kier molecular flexibility index (Phi) is 5.19. The number of fused-ring (bicyclic) bond motifs is 2. The van der Waals surface area contributed by atoms with Crippen LogP contribution in [0.4, 0.5) is 4.39 Å². The molecule has 0 unspecified atom stereocenters. The number of Topliss-reactive ketones (excluding diaryl/α,β-unsaturated/α-hetero) is 1. The average Bonchev–Trinajstić information content (AvgIpc) is 3.31. The maximum atomic E-state index is 14.0. The van der Waals surface area contributed by atoms with Gasteiger partial charge in [0, 0.05) is 40.8 Å². The zero-order chi connectivity index (χ0) is 22.2. The minimum Gasteiger partial charge on any atom is -0.489 e. The van der Waals surface area contributed by atoms with Crippen LogP contribution in [0.5, 0.6) is 11.5 Å². The summed E-state index contributed by atoms with van der Waals surface area (Å²) >= 11 is 6.06. The van der Waals surface area contributed by atoms with Crippen molar-refractivity contribution in [3.8, 4) is 11.5 Å². The Balaban J connectivity index is 1.41. The average molecular weight is 448 g/mol. The van der Waals surface area contributed by atoms with Gasteiger partial charge >= 0.3 is 0 Å². The zero-order valence-electron chi connectivity index (χ0n) is 17.3. The summed E-state index contributed by atoms with van der Waals surface area (Å²) in [6.07, 6.45) is 3.79. The molecule has 0 saturated heterocycles. The number of carbonyl (C=O) groups is 1. The van der Waals surface area contributed by atoms with Crippen LogP contribution in [0, 0.1) is 5.82 Å². The number of ether oxygens (including phenoxy) is 2. The van der Waals surface area contributed by atoms with Gasteiger partial charge in [-0.15, -0.1) is 0 Å². The van der Waals surface area contributed by atoms with E-state index in [4.69, 9.17) is 21.1 Å². The number of carbonyl (C=O) groups excluding carboxylic acids is 1. The molecule has 3 aromatic carbocycles. The van der Waals surface area contributed by atoms with Gasteiger partial charge in [-0.2, -0.15) is 0 Å². The molecule has 5 rings (SSSR count). The molecule has 0 atom stereocenters. The third kappa shape index (κ3) is 3.55. The summed E-state index contributed by atoms with van der Waals surface area (Å²) in [6, 6.07) is 17.5. The number of aryl methyl sites for hydroxylation is 1. The van der Waals surface area contributed by atoms with Gasteiger partial charge in [0.15, 0.2) is 5.76 Å². The van der Waals surface area contributed by atoms with Crippen molar-refractivity contribution in [2.75, 3.05) is 0 Å². The van der Waals surface area contributed by atoms with Crippen LogP contribution in [0.2, 0.25) is 5.02 Å². The molecule has 0 bridgehead atoms. The lowest BCUT2D eigenvalue weighted by Gasteiger charge is -2.09. The van der Waals surface area contributed by atoms with Crippen LogP contribution < -0.4 is 9.47 Å². The molecule has 0 radical (unpaired) electrons. The number of ketones is 1. The number of para-hydroxylation sites is 1. The summed E-state index contributed by atoms with van der Waals surface area (Å²) < 4.78 is 27.7. The van der Waals surface area contributed by atoms with Gasteiger partial charge < -0.3 is 14.0 Å². The maximum absolute atomic E-state index is 14.0. The maximum Gasteiger partial charge on any atom is 0.231 e. The minimum absolute atomic E-state index is 0.0303. The van der Waals surface area contributed by atoms with Crippen molar-refractivity contribution in [1.29, 1.82) is 0 Å². The van der Waals surface area contributed by atoms with E-state index in [9.17, 15) is 9.18 Å². The first-order valence-electron chi connectivity index (χ1n) is 10.3. The molecule has 0 amide bonds. The van der Waals surface area contributed by atoms with Crippen LogP contribution in [-0.2, 0) is 13.2 Å². The molecule has 4 aromatic rings. The highest BCUT2D eigenvalue weighted by molar-refractivity contribution is 6.31. The summed E-state index contributed by atoms with van der Waals surface area (Å²) in [5.41, 5.74) is 2.77. The van der Waals surface area contributed by atoms with Gasteiger partial charge in [0.1, 0.15) is 23.9 Å². The van der Waals surface area contributed by atoms with Gasteiger partial charge in [0.25, 0.3) is 0 Å². The van der Waals surface area contributed by atoms with Crippen molar-refractivity contribution < 1.29 is 18.7 Å². The molecule has 32 heavy (non-hydrogen) atoms. The first-order valence-corrected chi connectivity index (χ1v) is 10.6. The zero-order valence-corrected chi connectivity index (χ0v) is 18.0. The monoisotopic (exact) mass is 447 g/mol. The summed E-state index contributed by atoms with van der Waals surface area (Å²) in [7, 11) is 0. The predicted octanol–water partition coefficient (Wildman–Crippen LogP) is 6.65. The lowest BCUT2D eigenvalue weighted by atomic mass is 10.1. The fraction of sp³-hybridized carbons (Fsp3) is 0.115. The molecule has 0 fully saturated rings. The Labute approximate surface area is 189 Å². The number of rotatable bonds is 5. The minimum atomic E-state index is -0.429. The van der Waals surface area contributed by atoms with E-state index in [1.165, 1.54) is 6.07 Å². The first kappa shape index (κ1) is 20.3. The van der Waals surface area contributed by atoms with Crippen LogP contribution >= 0.6 is 11.6 Å². The molecular weight excluding hydrogens is 429 g/mol. The normalized spacial score (nSPS) is 14.1. The molecule has 0 spiro atoms. The second-order valence-electron chi connectivity index (χ2n) is 7.47. The Hall–Kier alpha value is -3.57. The SMILES string of the molecule is CCn1cc(C=C2Oc3cc(OCc4c(F)cccc4Cl)ccc3C2=O)c2ccccc21. The summed E-state index contributed by atoms with van der Waals surface area (Å²) in [5, 5.41) is 1.36. The van der Waals surface area contributed by atoms with Crippen molar-refractivity contribution in [1.82, 2.24) is 4.57 Å². The van der Waals surface area contributed by atoms with Gasteiger partial charge in [0.2, 0.25) is 5.78 Å².